The molecule has 0 unspecified atom stereocenters. The topological polar surface area (TPSA) is 49.4 Å². The second-order valence-electron chi connectivity index (χ2n) is 4.82. The highest BCUT2D eigenvalue weighted by atomic mass is 79.9. The molecule has 2 aromatic rings. The molecule has 0 aromatic heterocycles. The predicted octanol–water partition coefficient (Wildman–Crippen LogP) is 3.09. The fourth-order valence-electron chi connectivity index (χ4n) is 2.39. The summed E-state index contributed by atoms with van der Waals surface area (Å²) < 4.78 is 0.768. The van der Waals surface area contributed by atoms with Gasteiger partial charge in [0.05, 0.1) is 24.5 Å². The summed E-state index contributed by atoms with van der Waals surface area (Å²) in [5.74, 6) is -0.124. The summed E-state index contributed by atoms with van der Waals surface area (Å²) in [6.07, 6.45) is 0. The first kappa shape index (κ1) is 13.8. The highest BCUT2D eigenvalue weighted by molar-refractivity contribution is 9.10. The van der Waals surface area contributed by atoms with Gasteiger partial charge in [0.1, 0.15) is 0 Å². The molecule has 1 aliphatic heterocycles. The van der Waals surface area contributed by atoms with Crippen LogP contribution in [0.15, 0.2) is 53.0 Å². The van der Waals surface area contributed by atoms with E-state index in [2.05, 4.69) is 21.2 Å². The molecule has 5 heteroatoms. The number of amides is 1. The number of hydrogen-bond acceptors (Lipinski definition) is 3. The second-order valence-corrected chi connectivity index (χ2v) is 5.68. The first-order valence-corrected chi connectivity index (χ1v) is 7.36. The molecule has 0 aliphatic carbocycles. The van der Waals surface area contributed by atoms with Crippen molar-refractivity contribution >= 4 is 39.0 Å². The molecule has 1 amide bonds. The van der Waals surface area contributed by atoms with E-state index < -0.39 is 0 Å². The lowest BCUT2D eigenvalue weighted by atomic mass is 10.1. The van der Waals surface area contributed by atoms with Crippen LogP contribution in [0.3, 0.4) is 0 Å². The van der Waals surface area contributed by atoms with E-state index in [-0.39, 0.29) is 24.8 Å². The van der Waals surface area contributed by atoms with Gasteiger partial charge in [0.25, 0.3) is 0 Å². The summed E-state index contributed by atoms with van der Waals surface area (Å²) in [6, 6.07) is 14.8. The maximum absolute atomic E-state index is 12.4. The Labute approximate surface area is 130 Å². The fraction of sp³-hybridized carbons (Fsp3) is 0.125. The van der Waals surface area contributed by atoms with Crippen molar-refractivity contribution in [3.8, 4) is 0 Å². The normalized spacial score (nSPS) is 13.6. The van der Waals surface area contributed by atoms with Gasteiger partial charge >= 0.3 is 0 Å². The second kappa shape index (κ2) is 5.69. The molecule has 1 heterocycles. The summed E-state index contributed by atoms with van der Waals surface area (Å²) in [5.41, 5.74) is 2.24. The lowest BCUT2D eigenvalue weighted by molar-refractivity contribution is -0.115. The Bertz CT molecular complexity index is 715. The number of anilines is 2. The molecule has 0 saturated carbocycles. The van der Waals surface area contributed by atoms with Crippen molar-refractivity contribution in [1.29, 1.82) is 0 Å². The molecular weight excluding hydrogens is 332 g/mol. The van der Waals surface area contributed by atoms with Crippen LogP contribution in [-0.4, -0.2) is 24.8 Å². The van der Waals surface area contributed by atoms with Gasteiger partial charge in [0, 0.05) is 10.0 Å². The third kappa shape index (κ3) is 2.83. The average molecular weight is 345 g/mol. The van der Waals surface area contributed by atoms with E-state index in [9.17, 15) is 9.59 Å². The molecule has 0 radical (unpaired) electrons. The summed E-state index contributed by atoms with van der Waals surface area (Å²) >= 11 is 3.39. The molecule has 0 spiro atoms. The molecule has 0 saturated heterocycles. The SMILES string of the molecule is O=C1CN(CC(=O)c2ccccc2Br)c2ccccc2N1. The van der Waals surface area contributed by atoms with Crippen molar-refractivity contribution in [2.24, 2.45) is 0 Å². The van der Waals surface area contributed by atoms with Crippen molar-refractivity contribution < 1.29 is 9.59 Å². The molecular formula is C16H13BrN2O2. The molecule has 0 bridgehead atoms. The first-order valence-electron chi connectivity index (χ1n) is 6.57. The van der Waals surface area contributed by atoms with Crippen molar-refractivity contribution in [2.45, 2.75) is 0 Å². The maximum Gasteiger partial charge on any atom is 0.243 e. The van der Waals surface area contributed by atoms with Crippen LogP contribution in [0.2, 0.25) is 0 Å². The largest absolute Gasteiger partial charge is 0.353 e. The van der Waals surface area contributed by atoms with E-state index in [4.69, 9.17) is 0 Å². The quantitative estimate of drug-likeness (QED) is 0.870. The number of nitrogens with zero attached hydrogens (tertiary/aromatic N) is 1. The van der Waals surface area contributed by atoms with Crippen LogP contribution in [0, 0.1) is 0 Å². The molecule has 3 rings (SSSR count). The maximum atomic E-state index is 12.4. The number of fused-ring (bicyclic) bond motifs is 1. The van der Waals surface area contributed by atoms with Crippen LogP contribution in [0.1, 0.15) is 10.4 Å². The molecule has 2 aromatic carbocycles. The number of halogens is 1. The molecule has 1 aliphatic rings. The van der Waals surface area contributed by atoms with Crippen LogP contribution in [0.4, 0.5) is 11.4 Å². The Hall–Kier alpha value is -2.14. The Kier molecular flexibility index (Phi) is 3.75. The molecule has 1 N–H and O–H groups in total. The van der Waals surface area contributed by atoms with Gasteiger partial charge in [-0.25, -0.2) is 0 Å². The lowest BCUT2D eigenvalue weighted by Gasteiger charge is -2.30. The van der Waals surface area contributed by atoms with Crippen LogP contribution in [0.25, 0.3) is 0 Å². The van der Waals surface area contributed by atoms with Crippen LogP contribution >= 0.6 is 15.9 Å². The lowest BCUT2D eigenvalue weighted by Crippen LogP contribution is -2.41. The number of ketones is 1. The van der Waals surface area contributed by atoms with Crippen LogP contribution in [0.5, 0.6) is 0 Å². The summed E-state index contributed by atoms with van der Waals surface area (Å²) in [5, 5.41) is 2.81. The van der Waals surface area contributed by atoms with E-state index in [1.54, 1.807) is 11.0 Å². The van der Waals surface area contributed by atoms with Gasteiger partial charge in [0.2, 0.25) is 5.91 Å². The number of rotatable bonds is 3. The van der Waals surface area contributed by atoms with E-state index >= 15 is 0 Å². The van der Waals surface area contributed by atoms with E-state index in [0.29, 0.717) is 5.56 Å². The molecule has 4 nitrogen and oxygen atoms in total. The highest BCUT2D eigenvalue weighted by Gasteiger charge is 2.24. The van der Waals surface area contributed by atoms with Crippen molar-refractivity contribution in [2.75, 3.05) is 23.3 Å². The van der Waals surface area contributed by atoms with Gasteiger partial charge in [-0.3, -0.25) is 9.59 Å². The van der Waals surface area contributed by atoms with Crippen LogP contribution in [-0.2, 0) is 4.79 Å². The third-order valence-corrected chi connectivity index (χ3v) is 4.05. The Morgan fingerprint density at radius 1 is 1.14 bits per heavy atom. The molecule has 21 heavy (non-hydrogen) atoms. The minimum atomic E-state index is -0.103. The van der Waals surface area contributed by atoms with Crippen molar-refractivity contribution in [3.05, 3.63) is 58.6 Å². The van der Waals surface area contributed by atoms with E-state index in [0.717, 1.165) is 15.8 Å². The van der Waals surface area contributed by atoms with Gasteiger partial charge in [-0.05, 0) is 18.2 Å². The number of carbonyl (C=O) groups is 2. The summed E-state index contributed by atoms with van der Waals surface area (Å²) in [7, 11) is 0. The zero-order valence-corrected chi connectivity index (χ0v) is 12.8. The van der Waals surface area contributed by atoms with Crippen molar-refractivity contribution in [1.82, 2.24) is 0 Å². The molecule has 0 atom stereocenters. The number of carbonyl (C=O) groups excluding carboxylic acids is 2. The Morgan fingerprint density at radius 3 is 2.67 bits per heavy atom. The zero-order chi connectivity index (χ0) is 14.8. The monoisotopic (exact) mass is 344 g/mol. The minimum absolute atomic E-state index is 0.0213. The minimum Gasteiger partial charge on any atom is -0.353 e. The Balaban J connectivity index is 1.87. The van der Waals surface area contributed by atoms with Crippen LogP contribution < -0.4 is 10.2 Å². The van der Waals surface area contributed by atoms with Gasteiger partial charge in [-0.2, -0.15) is 0 Å². The standard InChI is InChI=1S/C16H13BrN2O2/c17-12-6-2-1-5-11(12)15(20)9-19-10-16(21)18-13-7-3-4-8-14(13)19/h1-8H,9-10H2,(H,18,21). The zero-order valence-electron chi connectivity index (χ0n) is 11.2. The molecule has 0 fully saturated rings. The fourth-order valence-corrected chi connectivity index (χ4v) is 2.90. The van der Waals surface area contributed by atoms with Gasteiger partial charge in [-0.15, -0.1) is 0 Å². The first-order chi connectivity index (χ1) is 10.1. The van der Waals surface area contributed by atoms with E-state index in [1.807, 2.05) is 42.5 Å². The van der Waals surface area contributed by atoms with E-state index in [1.165, 1.54) is 0 Å². The number of benzene rings is 2. The highest BCUT2D eigenvalue weighted by Crippen LogP contribution is 2.29. The smallest absolute Gasteiger partial charge is 0.243 e. The number of hydrogen-bond donors (Lipinski definition) is 1. The Morgan fingerprint density at radius 2 is 1.86 bits per heavy atom. The van der Waals surface area contributed by atoms with Gasteiger partial charge < -0.3 is 10.2 Å². The summed E-state index contributed by atoms with van der Waals surface area (Å²) in [4.78, 5) is 26.0. The third-order valence-electron chi connectivity index (χ3n) is 3.36. The summed E-state index contributed by atoms with van der Waals surface area (Å²) in [6.45, 7) is 0.361. The molecule has 106 valence electrons. The van der Waals surface area contributed by atoms with Gasteiger partial charge in [-0.1, -0.05) is 46.3 Å². The number of para-hydroxylation sites is 2. The van der Waals surface area contributed by atoms with Crippen molar-refractivity contribution in [3.63, 3.8) is 0 Å². The predicted molar refractivity (Wildman–Crippen MR) is 85.8 cm³/mol. The average Bonchev–Trinajstić information content (AvgIpc) is 2.47. The number of nitrogens with one attached hydrogen (secondary N) is 1. The number of Topliss-reactive ketones (excluding diaryl/α,β-unsaturated/α-hetero) is 1. The van der Waals surface area contributed by atoms with Gasteiger partial charge in [0.15, 0.2) is 5.78 Å².